The summed E-state index contributed by atoms with van der Waals surface area (Å²) >= 11 is 0. The van der Waals surface area contributed by atoms with E-state index < -0.39 is 0 Å². The molecule has 1 aromatic rings. The number of benzene rings is 1. The van der Waals surface area contributed by atoms with Crippen LogP contribution in [0, 0.1) is 5.92 Å². The Morgan fingerprint density at radius 3 is 2.66 bits per heavy atom. The fourth-order valence-electron chi connectivity index (χ4n) is 3.76. The predicted molar refractivity (Wildman–Crippen MR) is 143 cm³/mol. The molecule has 182 valence electrons. The van der Waals surface area contributed by atoms with Gasteiger partial charge >= 0.3 is 0 Å². The molecule has 0 aliphatic carbocycles. The van der Waals surface area contributed by atoms with Crippen molar-refractivity contribution in [3.8, 4) is 0 Å². The molecule has 0 bridgehead atoms. The third-order valence-corrected chi connectivity index (χ3v) is 5.46. The molecule has 2 unspecified atom stereocenters. The Kier molecular flexibility index (Phi) is 14.6. The minimum Gasteiger partial charge on any atom is -0.377 e. The second-order valence-corrected chi connectivity index (χ2v) is 8.42. The summed E-state index contributed by atoms with van der Waals surface area (Å²) in [4.78, 5) is 21.3. The van der Waals surface area contributed by atoms with Crippen molar-refractivity contribution < 1.29 is 9.53 Å². The van der Waals surface area contributed by atoms with Gasteiger partial charge in [-0.05, 0) is 46.3 Å². The van der Waals surface area contributed by atoms with Crippen LogP contribution in [0.15, 0.2) is 35.3 Å². The average Bonchev–Trinajstić information content (AvgIpc) is 3.12. The van der Waals surface area contributed by atoms with E-state index in [9.17, 15) is 4.79 Å². The summed E-state index contributed by atoms with van der Waals surface area (Å²) in [5.41, 5.74) is 1.27. The molecule has 2 N–H and O–H groups in total. The second-order valence-electron chi connectivity index (χ2n) is 8.42. The van der Waals surface area contributed by atoms with E-state index in [4.69, 9.17) is 9.73 Å². The normalized spacial score (nSPS) is 17.4. The van der Waals surface area contributed by atoms with Gasteiger partial charge in [-0.25, -0.2) is 0 Å². The van der Waals surface area contributed by atoms with Gasteiger partial charge in [0.15, 0.2) is 5.96 Å². The zero-order chi connectivity index (χ0) is 22.5. The van der Waals surface area contributed by atoms with Crippen molar-refractivity contribution in [2.24, 2.45) is 10.9 Å². The maximum absolute atomic E-state index is 12.4. The average molecular weight is 560 g/mol. The van der Waals surface area contributed by atoms with Gasteiger partial charge in [0, 0.05) is 51.7 Å². The molecule has 32 heavy (non-hydrogen) atoms. The van der Waals surface area contributed by atoms with Gasteiger partial charge < -0.3 is 25.2 Å². The van der Waals surface area contributed by atoms with Crippen molar-refractivity contribution in [3.05, 3.63) is 35.9 Å². The van der Waals surface area contributed by atoms with E-state index in [-0.39, 0.29) is 36.0 Å². The lowest BCUT2D eigenvalue weighted by Gasteiger charge is -2.20. The first-order valence-electron chi connectivity index (χ1n) is 11.6. The second kappa shape index (κ2) is 16.3. The summed E-state index contributed by atoms with van der Waals surface area (Å²) in [7, 11) is 4.15. The number of carbonyl (C=O) groups is 1. The third kappa shape index (κ3) is 11.0. The number of aliphatic imine (C=N–C) groups is 1. The largest absolute Gasteiger partial charge is 0.377 e. The Morgan fingerprint density at radius 1 is 1.25 bits per heavy atom. The number of amides is 1. The molecule has 1 aliphatic heterocycles. The molecule has 7 nitrogen and oxygen atoms in total. The number of rotatable bonds is 13. The number of nitrogens with zero attached hydrogens (tertiary/aromatic N) is 3. The van der Waals surface area contributed by atoms with E-state index in [0.717, 1.165) is 51.5 Å². The molecule has 1 saturated heterocycles. The highest BCUT2D eigenvalue weighted by molar-refractivity contribution is 14.0. The SMILES string of the molecule is CCNC(=NCC(CCN(C)C)OCC)NCC1CC(=O)N(CCc2ccccc2)C1.I. The minimum atomic E-state index is 0. The lowest BCUT2D eigenvalue weighted by Crippen LogP contribution is -2.41. The summed E-state index contributed by atoms with van der Waals surface area (Å²) in [6.45, 7) is 9.53. The molecular formula is C24H42IN5O2. The number of hydrogen-bond acceptors (Lipinski definition) is 4. The van der Waals surface area contributed by atoms with Gasteiger partial charge in [-0.1, -0.05) is 30.3 Å². The Bertz CT molecular complexity index is 672. The Hall–Kier alpha value is -1.39. The summed E-state index contributed by atoms with van der Waals surface area (Å²) < 4.78 is 5.85. The number of nitrogens with one attached hydrogen (secondary N) is 2. The van der Waals surface area contributed by atoms with Crippen LogP contribution >= 0.6 is 24.0 Å². The summed E-state index contributed by atoms with van der Waals surface area (Å²) in [5, 5.41) is 6.75. The standard InChI is InChI=1S/C24H41N5O2.HI/c1-5-25-24(27-18-22(31-6-2)13-14-28(3)4)26-17-21-16-23(30)29(19-21)15-12-20-10-8-7-9-11-20;/h7-11,21-22H,5-6,12-19H2,1-4H3,(H2,25,26,27);1H. The van der Waals surface area contributed by atoms with Crippen LogP contribution in [0.2, 0.25) is 0 Å². The molecule has 1 aliphatic rings. The van der Waals surface area contributed by atoms with Crippen LogP contribution in [-0.4, -0.2) is 87.7 Å². The first-order chi connectivity index (χ1) is 15.0. The lowest BCUT2D eigenvalue weighted by molar-refractivity contribution is -0.127. The number of carbonyl (C=O) groups excluding carboxylic acids is 1. The fourth-order valence-corrected chi connectivity index (χ4v) is 3.76. The van der Waals surface area contributed by atoms with Gasteiger partial charge in [-0.3, -0.25) is 9.79 Å². The number of likely N-dealkylation sites (tertiary alicyclic amines) is 1. The van der Waals surface area contributed by atoms with Crippen molar-refractivity contribution in [2.45, 2.75) is 39.2 Å². The lowest BCUT2D eigenvalue weighted by atomic mass is 10.1. The van der Waals surface area contributed by atoms with Gasteiger partial charge in [0.05, 0.1) is 12.6 Å². The topological polar surface area (TPSA) is 69.2 Å². The highest BCUT2D eigenvalue weighted by Gasteiger charge is 2.29. The monoisotopic (exact) mass is 559 g/mol. The van der Waals surface area contributed by atoms with Crippen LogP contribution in [0.1, 0.15) is 32.3 Å². The highest BCUT2D eigenvalue weighted by atomic mass is 127. The molecule has 2 atom stereocenters. The first-order valence-corrected chi connectivity index (χ1v) is 11.6. The van der Waals surface area contributed by atoms with Crippen LogP contribution in [0.5, 0.6) is 0 Å². The van der Waals surface area contributed by atoms with Crippen LogP contribution in [0.4, 0.5) is 0 Å². The van der Waals surface area contributed by atoms with E-state index in [1.54, 1.807) is 0 Å². The number of halogens is 1. The Balaban J connectivity index is 0.00000512. The smallest absolute Gasteiger partial charge is 0.223 e. The molecule has 2 rings (SSSR count). The molecule has 0 aromatic heterocycles. The van der Waals surface area contributed by atoms with E-state index in [2.05, 4.69) is 48.7 Å². The number of hydrogen-bond donors (Lipinski definition) is 2. The predicted octanol–water partition coefficient (Wildman–Crippen LogP) is 2.61. The van der Waals surface area contributed by atoms with E-state index in [1.807, 2.05) is 30.0 Å². The molecule has 8 heteroatoms. The Morgan fingerprint density at radius 2 is 2.00 bits per heavy atom. The molecule has 0 radical (unpaired) electrons. The minimum absolute atomic E-state index is 0. The Labute approximate surface area is 211 Å². The molecule has 0 spiro atoms. The van der Waals surface area contributed by atoms with Gasteiger partial charge in [0.2, 0.25) is 5.91 Å². The summed E-state index contributed by atoms with van der Waals surface area (Å²) in [5.74, 6) is 1.36. The maximum Gasteiger partial charge on any atom is 0.223 e. The molecule has 1 amide bonds. The van der Waals surface area contributed by atoms with Crippen molar-refractivity contribution in [1.29, 1.82) is 0 Å². The van der Waals surface area contributed by atoms with Gasteiger partial charge in [0.1, 0.15) is 0 Å². The molecule has 0 saturated carbocycles. The maximum atomic E-state index is 12.4. The van der Waals surface area contributed by atoms with E-state index in [1.165, 1.54) is 5.56 Å². The van der Waals surface area contributed by atoms with Crippen molar-refractivity contribution >= 4 is 35.8 Å². The third-order valence-electron chi connectivity index (χ3n) is 5.46. The quantitative estimate of drug-likeness (QED) is 0.221. The number of ether oxygens (including phenoxy) is 1. The van der Waals surface area contributed by atoms with Crippen LogP contribution in [0.25, 0.3) is 0 Å². The van der Waals surface area contributed by atoms with Crippen molar-refractivity contribution in [2.75, 3.05) is 60.0 Å². The fraction of sp³-hybridized carbons (Fsp3) is 0.667. The van der Waals surface area contributed by atoms with Crippen molar-refractivity contribution in [1.82, 2.24) is 20.4 Å². The van der Waals surface area contributed by atoms with E-state index >= 15 is 0 Å². The summed E-state index contributed by atoms with van der Waals surface area (Å²) in [6, 6.07) is 10.4. The summed E-state index contributed by atoms with van der Waals surface area (Å²) in [6.07, 6.45) is 2.58. The molecular weight excluding hydrogens is 517 g/mol. The van der Waals surface area contributed by atoms with Gasteiger partial charge in [-0.2, -0.15) is 0 Å². The van der Waals surface area contributed by atoms with Crippen molar-refractivity contribution in [3.63, 3.8) is 0 Å². The van der Waals surface area contributed by atoms with E-state index in [0.29, 0.717) is 25.5 Å². The highest BCUT2D eigenvalue weighted by Crippen LogP contribution is 2.17. The zero-order valence-electron chi connectivity index (χ0n) is 20.2. The number of guanidine groups is 1. The zero-order valence-corrected chi connectivity index (χ0v) is 22.5. The van der Waals surface area contributed by atoms with Gasteiger partial charge in [0.25, 0.3) is 0 Å². The first kappa shape index (κ1) is 28.6. The molecule has 1 aromatic carbocycles. The molecule has 1 heterocycles. The van der Waals surface area contributed by atoms with Crippen LogP contribution in [-0.2, 0) is 16.0 Å². The van der Waals surface area contributed by atoms with Crippen LogP contribution < -0.4 is 10.6 Å². The van der Waals surface area contributed by atoms with Crippen LogP contribution in [0.3, 0.4) is 0 Å². The molecule has 1 fully saturated rings. The van der Waals surface area contributed by atoms with Gasteiger partial charge in [-0.15, -0.1) is 24.0 Å².